The predicted octanol–water partition coefficient (Wildman–Crippen LogP) is 5.34. The molecule has 2 N–H and O–H groups in total. The zero-order valence-corrected chi connectivity index (χ0v) is 20.4. The number of hydrogen-bond acceptors (Lipinski definition) is 7. The van der Waals surface area contributed by atoms with Crippen LogP contribution in [0.2, 0.25) is 0 Å². The van der Waals surface area contributed by atoms with E-state index >= 15 is 0 Å². The second-order valence-corrected chi connectivity index (χ2v) is 8.86. The Balaban J connectivity index is 1.62. The van der Waals surface area contributed by atoms with Crippen molar-refractivity contribution in [3.63, 3.8) is 0 Å². The molecule has 8 nitrogen and oxygen atoms in total. The van der Waals surface area contributed by atoms with Gasteiger partial charge in [0.05, 0.1) is 24.2 Å². The molecule has 0 fully saturated rings. The first-order valence-corrected chi connectivity index (χ1v) is 12.1. The molecule has 0 saturated heterocycles. The Morgan fingerprint density at radius 2 is 1.97 bits per heavy atom. The van der Waals surface area contributed by atoms with Gasteiger partial charge in [-0.25, -0.2) is 4.68 Å². The molecule has 178 valence electrons. The van der Waals surface area contributed by atoms with Gasteiger partial charge in [-0.15, -0.1) is 16.4 Å². The van der Waals surface area contributed by atoms with Crippen molar-refractivity contribution in [2.45, 2.75) is 19.9 Å². The highest BCUT2D eigenvalue weighted by molar-refractivity contribution is 7.13. The molecular formula is C26H25N5O3S. The monoisotopic (exact) mass is 487 g/mol. The number of carbonyl (C=O) groups is 1. The van der Waals surface area contributed by atoms with E-state index in [4.69, 9.17) is 19.6 Å². The fourth-order valence-electron chi connectivity index (χ4n) is 4.11. The van der Waals surface area contributed by atoms with Gasteiger partial charge < -0.3 is 20.1 Å². The smallest absolute Gasteiger partial charge is 0.255 e. The molecule has 0 radical (unpaired) electrons. The molecule has 4 aromatic rings. The van der Waals surface area contributed by atoms with Crippen LogP contribution in [0.3, 0.4) is 0 Å². The van der Waals surface area contributed by atoms with Crippen LogP contribution >= 0.6 is 11.3 Å². The Bertz CT molecular complexity index is 1380. The summed E-state index contributed by atoms with van der Waals surface area (Å²) in [6.45, 7) is 4.32. The minimum atomic E-state index is -0.527. The second-order valence-electron chi connectivity index (χ2n) is 7.91. The number of methoxy groups -OCH3 is 1. The summed E-state index contributed by atoms with van der Waals surface area (Å²) in [4.78, 5) is 19.3. The lowest BCUT2D eigenvalue weighted by molar-refractivity contribution is -0.113. The molecular weight excluding hydrogens is 462 g/mol. The van der Waals surface area contributed by atoms with Crippen molar-refractivity contribution in [2.24, 2.45) is 0 Å². The van der Waals surface area contributed by atoms with Crippen LogP contribution in [-0.2, 0) is 4.79 Å². The average molecular weight is 488 g/mol. The molecule has 1 amide bonds. The van der Waals surface area contributed by atoms with Gasteiger partial charge >= 0.3 is 0 Å². The minimum Gasteiger partial charge on any atom is -0.493 e. The van der Waals surface area contributed by atoms with Gasteiger partial charge in [0.15, 0.2) is 17.3 Å². The van der Waals surface area contributed by atoms with Crippen LogP contribution in [-0.4, -0.2) is 34.4 Å². The lowest BCUT2D eigenvalue weighted by Crippen LogP contribution is -2.31. The van der Waals surface area contributed by atoms with Crippen molar-refractivity contribution in [1.82, 2.24) is 14.8 Å². The molecule has 1 unspecified atom stereocenters. The fourth-order valence-corrected chi connectivity index (χ4v) is 4.77. The number of anilines is 2. The lowest BCUT2D eigenvalue weighted by atomic mass is 9.94. The first kappa shape index (κ1) is 22.7. The Hall–Kier alpha value is -4.11. The van der Waals surface area contributed by atoms with E-state index in [1.165, 1.54) is 0 Å². The molecule has 5 rings (SSSR count). The summed E-state index contributed by atoms with van der Waals surface area (Å²) in [7, 11) is 1.60. The van der Waals surface area contributed by atoms with Gasteiger partial charge in [0.1, 0.15) is 6.04 Å². The molecule has 2 aromatic heterocycles. The zero-order valence-electron chi connectivity index (χ0n) is 19.6. The summed E-state index contributed by atoms with van der Waals surface area (Å²) in [6.07, 6.45) is 0. The van der Waals surface area contributed by atoms with Crippen LogP contribution in [0.4, 0.5) is 11.6 Å². The van der Waals surface area contributed by atoms with Crippen LogP contribution in [0.15, 0.2) is 77.3 Å². The molecule has 0 saturated carbocycles. The van der Waals surface area contributed by atoms with Crippen molar-refractivity contribution in [1.29, 1.82) is 0 Å². The van der Waals surface area contributed by atoms with Crippen LogP contribution in [0.1, 0.15) is 25.5 Å². The molecule has 1 aliphatic heterocycles. The molecule has 9 heteroatoms. The fraction of sp³-hybridized carbons (Fsp3) is 0.192. The molecule has 1 atom stereocenters. The standard InChI is InChI=1S/C26H25N5O3S/c1-4-34-19-13-12-17(15-20(19)33-3)23-22(25(32)28-18-9-6-5-7-10-18)16(2)27-26-29-24(30-31(23)26)21-11-8-14-35-21/h5-15,23H,4H2,1-3H3,(H,28,32)(H,27,29,30). The van der Waals surface area contributed by atoms with E-state index < -0.39 is 6.04 Å². The SMILES string of the molecule is CCOc1ccc(C2C(C(=O)Nc3ccccc3)=C(C)Nc3nc(-c4cccs4)nn32)cc1OC. The van der Waals surface area contributed by atoms with Gasteiger partial charge in [-0.1, -0.05) is 30.3 Å². The highest BCUT2D eigenvalue weighted by atomic mass is 32.1. The summed E-state index contributed by atoms with van der Waals surface area (Å²) < 4.78 is 13.1. The number of nitrogens with zero attached hydrogens (tertiary/aromatic N) is 3. The van der Waals surface area contributed by atoms with Gasteiger partial charge in [-0.05, 0) is 55.1 Å². The summed E-state index contributed by atoms with van der Waals surface area (Å²) in [5, 5.41) is 13.1. The maximum absolute atomic E-state index is 13.6. The Labute approximate surface area is 207 Å². The van der Waals surface area contributed by atoms with Crippen LogP contribution in [0, 0.1) is 0 Å². The van der Waals surface area contributed by atoms with Gasteiger partial charge in [0.2, 0.25) is 5.95 Å². The summed E-state index contributed by atoms with van der Waals surface area (Å²) in [6, 6.07) is 18.5. The van der Waals surface area contributed by atoms with Crippen molar-refractivity contribution in [3.8, 4) is 22.2 Å². The number of ether oxygens (including phenoxy) is 2. The topological polar surface area (TPSA) is 90.3 Å². The van der Waals surface area contributed by atoms with Gasteiger partial charge in [0, 0.05) is 11.4 Å². The Morgan fingerprint density at radius 3 is 2.69 bits per heavy atom. The zero-order chi connectivity index (χ0) is 24.4. The third kappa shape index (κ3) is 4.38. The number of rotatable bonds is 7. The molecule has 35 heavy (non-hydrogen) atoms. The maximum atomic E-state index is 13.6. The van der Waals surface area contributed by atoms with Crippen molar-refractivity contribution < 1.29 is 14.3 Å². The number of nitrogens with one attached hydrogen (secondary N) is 2. The van der Waals surface area contributed by atoms with Crippen molar-refractivity contribution in [2.75, 3.05) is 24.4 Å². The second kappa shape index (κ2) is 9.63. The van der Waals surface area contributed by atoms with Gasteiger partial charge in [-0.2, -0.15) is 4.98 Å². The summed E-state index contributed by atoms with van der Waals surface area (Å²) >= 11 is 1.56. The number of allylic oxidation sites excluding steroid dienone is 1. The third-order valence-corrected chi connectivity index (χ3v) is 6.54. The highest BCUT2D eigenvalue weighted by Gasteiger charge is 2.35. The van der Waals surface area contributed by atoms with E-state index in [1.807, 2.05) is 79.9 Å². The number of thiophene rings is 1. The van der Waals surface area contributed by atoms with Crippen LogP contribution < -0.4 is 20.1 Å². The number of amides is 1. The quantitative estimate of drug-likeness (QED) is 0.366. The van der Waals surface area contributed by atoms with Crippen LogP contribution in [0.5, 0.6) is 11.5 Å². The van der Waals surface area contributed by atoms with Crippen LogP contribution in [0.25, 0.3) is 10.7 Å². The van der Waals surface area contributed by atoms with E-state index in [9.17, 15) is 4.79 Å². The van der Waals surface area contributed by atoms with E-state index in [1.54, 1.807) is 23.1 Å². The summed E-state index contributed by atoms with van der Waals surface area (Å²) in [5.74, 6) is 2.17. The van der Waals surface area contributed by atoms with Gasteiger partial charge in [-0.3, -0.25) is 4.79 Å². The number of para-hydroxylation sites is 1. The normalized spacial score (nSPS) is 14.8. The average Bonchev–Trinajstić information content (AvgIpc) is 3.54. The van der Waals surface area contributed by atoms with E-state index in [0.29, 0.717) is 46.8 Å². The first-order chi connectivity index (χ1) is 17.1. The van der Waals surface area contributed by atoms with E-state index in [2.05, 4.69) is 10.6 Å². The number of hydrogen-bond donors (Lipinski definition) is 2. The first-order valence-electron chi connectivity index (χ1n) is 11.2. The third-order valence-electron chi connectivity index (χ3n) is 5.67. The van der Waals surface area contributed by atoms with E-state index in [-0.39, 0.29) is 5.91 Å². The molecule has 1 aliphatic rings. The largest absolute Gasteiger partial charge is 0.493 e. The van der Waals surface area contributed by atoms with E-state index in [0.717, 1.165) is 10.4 Å². The minimum absolute atomic E-state index is 0.224. The molecule has 0 aliphatic carbocycles. The molecule has 0 spiro atoms. The predicted molar refractivity (Wildman–Crippen MR) is 137 cm³/mol. The van der Waals surface area contributed by atoms with Gasteiger partial charge in [0.25, 0.3) is 5.91 Å². The Morgan fingerprint density at radius 1 is 1.14 bits per heavy atom. The Kier molecular flexibility index (Phi) is 6.24. The number of aromatic nitrogens is 3. The number of fused-ring (bicyclic) bond motifs is 1. The molecule has 0 bridgehead atoms. The molecule has 3 heterocycles. The number of carbonyl (C=O) groups excluding carboxylic acids is 1. The number of benzene rings is 2. The lowest BCUT2D eigenvalue weighted by Gasteiger charge is -2.29. The molecule has 2 aromatic carbocycles. The van der Waals surface area contributed by atoms with Crippen molar-refractivity contribution >= 4 is 28.9 Å². The maximum Gasteiger partial charge on any atom is 0.255 e. The highest BCUT2D eigenvalue weighted by Crippen LogP contribution is 2.40. The summed E-state index contributed by atoms with van der Waals surface area (Å²) in [5.41, 5.74) is 2.78. The van der Waals surface area contributed by atoms with Crippen molar-refractivity contribution in [3.05, 3.63) is 82.9 Å².